The normalized spacial score (nSPS) is 11.6. The first-order valence-corrected chi connectivity index (χ1v) is 19.7. The third-order valence-electron chi connectivity index (χ3n) is 10.8. The fraction of sp³-hybridized carbons (Fsp3) is 0. The van der Waals surface area contributed by atoms with Crippen molar-refractivity contribution in [3.63, 3.8) is 0 Å². The number of anilines is 6. The molecule has 2 heterocycles. The molecule has 0 fully saturated rings. The standard InChI is InChI=1S/C52H34N2OS/c1-3-14-39(15-4-1)54(40-16-5-2-6-17-40)47-19-11-20-49-52(47)46-33-42(29-31-48(46)55-49)53(43-28-30-45-44-18-9-10-21-50(44)56-51(45)34-43)41-26-24-36(25-27-41)38-23-22-35-12-7-8-13-37(35)32-38/h1-34H. The van der Waals surface area contributed by atoms with Crippen molar-refractivity contribution in [2.75, 3.05) is 9.80 Å². The SMILES string of the molecule is c1ccc(N(c2ccccc2)c2cccc3oc4ccc(N(c5ccc(-c6ccc7ccccc7c6)cc5)c5ccc6c(c5)sc5ccccc56)cc4c23)cc1. The van der Waals surface area contributed by atoms with Gasteiger partial charge in [-0.3, -0.25) is 0 Å². The number of benzene rings is 9. The van der Waals surface area contributed by atoms with Crippen LogP contribution < -0.4 is 9.80 Å². The number of rotatable bonds is 7. The van der Waals surface area contributed by atoms with Gasteiger partial charge in [-0.25, -0.2) is 0 Å². The van der Waals surface area contributed by atoms with Gasteiger partial charge in [0.2, 0.25) is 0 Å². The van der Waals surface area contributed by atoms with E-state index in [4.69, 9.17) is 4.42 Å². The molecule has 0 saturated carbocycles. The first kappa shape index (κ1) is 32.3. The summed E-state index contributed by atoms with van der Waals surface area (Å²) in [6.07, 6.45) is 0. The van der Waals surface area contributed by atoms with E-state index in [0.717, 1.165) is 56.1 Å². The molecule has 0 aliphatic rings. The van der Waals surface area contributed by atoms with Gasteiger partial charge in [0.1, 0.15) is 11.2 Å². The van der Waals surface area contributed by atoms with E-state index in [-0.39, 0.29) is 0 Å². The molecular weight excluding hydrogens is 701 g/mol. The van der Waals surface area contributed by atoms with E-state index < -0.39 is 0 Å². The number of hydrogen-bond acceptors (Lipinski definition) is 4. The highest BCUT2D eigenvalue weighted by Gasteiger charge is 2.21. The predicted octanol–water partition coefficient (Wildman–Crippen LogP) is 15.7. The summed E-state index contributed by atoms with van der Waals surface area (Å²) in [6, 6.07) is 73.9. The van der Waals surface area contributed by atoms with E-state index in [2.05, 4.69) is 216 Å². The first-order chi connectivity index (χ1) is 27.7. The van der Waals surface area contributed by atoms with Crippen molar-refractivity contribution in [2.24, 2.45) is 0 Å². The molecule has 2 aromatic heterocycles. The summed E-state index contributed by atoms with van der Waals surface area (Å²) < 4.78 is 9.17. The van der Waals surface area contributed by atoms with Gasteiger partial charge < -0.3 is 14.2 Å². The van der Waals surface area contributed by atoms with Gasteiger partial charge in [-0.05, 0) is 113 Å². The van der Waals surface area contributed by atoms with Crippen molar-refractivity contribution in [1.82, 2.24) is 0 Å². The molecule has 0 unspecified atom stereocenters. The molecule has 11 aromatic rings. The largest absolute Gasteiger partial charge is 0.456 e. The zero-order valence-corrected chi connectivity index (χ0v) is 31.2. The number of thiophene rings is 1. The second kappa shape index (κ2) is 13.3. The minimum Gasteiger partial charge on any atom is -0.456 e. The maximum atomic E-state index is 6.60. The van der Waals surface area contributed by atoms with E-state index in [1.165, 1.54) is 42.1 Å². The Morgan fingerprint density at radius 2 is 0.964 bits per heavy atom. The molecule has 264 valence electrons. The maximum Gasteiger partial charge on any atom is 0.137 e. The molecule has 0 radical (unpaired) electrons. The second-order valence-corrected chi connectivity index (χ2v) is 15.2. The number of nitrogens with zero attached hydrogens (tertiary/aromatic N) is 2. The van der Waals surface area contributed by atoms with Crippen LogP contribution in [0, 0.1) is 0 Å². The monoisotopic (exact) mass is 734 g/mol. The van der Waals surface area contributed by atoms with Crippen molar-refractivity contribution < 1.29 is 4.42 Å². The van der Waals surface area contributed by atoms with Crippen LogP contribution in [0.3, 0.4) is 0 Å². The van der Waals surface area contributed by atoms with Gasteiger partial charge in [0.05, 0.1) is 11.1 Å². The second-order valence-electron chi connectivity index (χ2n) is 14.2. The molecule has 0 aliphatic heterocycles. The van der Waals surface area contributed by atoms with Crippen LogP contribution in [0.1, 0.15) is 0 Å². The third kappa shape index (κ3) is 5.50. The lowest BCUT2D eigenvalue weighted by Gasteiger charge is -2.27. The molecule has 56 heavy (non-hydrogen) atoms. The van der Waals surface area contributed by atoms with Gasteiger partial charge in [0.25, 0.3) is 0 Å². The summed E-state index contributed by atoms with van der Waals surface area (Å²) >= 11 is 1.84. The topological polar surface area (TPSA) is 19.6 Å². The Labute approximate surface area is 328 Å². The zero-order valence-electron chi connectivity index (χ0n) is 30.3. The smallest absolute Gasteiger partial charge is 0.137 e. The van der Waals surface area contributed by atoms with Crippen molar-refractivity contribution in [3.8, 4) is 11.1 Å². The molecule has 11 rings (SSSR count). The molecule has 4 heteroatoms. The minimum absolute atomic E-state index is 0.851. The van der Waals surface area contributed by atoms with Crippen LogP contribution in [0.5, 0.6) is 0 Å². The average Bonchev–Trinajstić information content (AvgIpc) is 3.83. The van der Waals surface area contributed by atoms with Crippen LogP contribution in [-0.4, -0.2) is 0 Å². The number of para-hydroxylation sites is 2. The van der Waals surface area contributed by atoms with Crippen molar-refractivity contribution >= 4 is 98.3 Å². The number of fused-ring (bicyclic) bond motifs is 7. The highest BCUT2D eigenvalue weighted by Crippen LogP contribution is 2.46. The Bertz CT molecular complexity index is 3160. The lowest BCUT2D eigenvalue weighted by molar-refractivity contribution is 0.669. The van der Waals surface area contributed by atoms with Gasteiger partial charge in [0.15, 0.2) is 0 Å². The zero-order chi connectivity index (χ0) is 37.0. The van der Waals surface area contributed by atoms with Gasteiger partial charge in [-0.2, -0.15) is 0 Å². The van der Waals surface area contributed by atoms with E-state index in [1.807, 2.05) is 11.3 Å². The molecular formula is C52H34N2OS. The van der Waals surface area contributed by atoms with Gasteiger partial charge in [-0.15, -0.1) is 11.3 Å². The Hall–Kier alpha value is -7.14. The van der Waals surface area contributed by atoms with Crippen LogP contribution in [0.15, 0.2) is 211 Å². The van der Waals surface area contributed by atoms with Crippen LogP contribution in [0.4, 0.5) is 34.1 Å². The molecule has 0 atom stereocenters. The lowest BCUT2D eigenvalue weighted by atomic mass is 10.0. The first-order valence-electron chi connectivity index (χ1n) is 18.9. The lowest BCUT2D eigenvalue weighted by Crippen LogP contribution is -2.10. The summed E-state index contributed by atoms with van der Waals surface area (Å²) in [5.41, 5.74) is 10.6. The van der Waals surface area contributed by atoms with Crippen LogP contribution in [-0.2, 0) is 0 Å². The summed E-state index contributed by atoms with van der Waals surface area (Å²) in [4.78, 5) is 4.70. The third-order valence-corrected chi connectivity index (χ3v) is 11.9. The summed E-state index contributed by atoms with van der Waals surface area (Å²) in [6.45, 7) is 0. The molecule has 0 N–H and O–H groups in total. The van der Waals surface area contributed by atoms with Crippen molar-refractivity contribution in [3.05, 3.63) is 206 Å². The molecule has 9 aromatic carbocycles. The highest BCUT2D eigenvalue weighted by molar-refractivity contribution is 7.25. The van der Waals surface area contributed by atoms with E-state index in [9.17, 15) is 0 Å². The Kier molecular flexibility index (Phi) is 7.68. The van der Waals surface area contributed by atoms with Gasteiger partial charge in [-0.1, -0.05) is 115 Å². The molecule has 0 bridgehead atoms. The van der Waals surface area contributed by atoms with E-state index in [0.29, 0.717) is 0 Å². The fourth-order valence-corrected chi connectivity index (χ4v) is 9.31. The average molecular weight is 735 g/mol. The quantitative estimate of drug-likeness (QED) is 0.163. The summed E-state index contributed by atoms with van der Waals surface area (Å²) in [5.74, 6) is 0. The minimum atomic E-state index is 0.851. The molecule has 0 amide bonds. The van der Waals surface area contributed by atoms with E-state index in [1.54, 1.807) is 0 Å². The number of hydrogen-bond donors (Lipinski definition) is 0. The van der Waals surface area contributed by atoms with E-state index >= 15 is 0 Å². The molecule has 0 saturated heterocycles. The Morgan fingerprint density at radius 3 is 1.77 bits per heavy atom. The van der Waals surface area contributed by atoms with Gasteiger partial charge in [0, 0.05) is 54.0 Å². The molecule has 0 aliphatic carbocycles. The summed E-state index contributed by atoms with van der Waals surface area (Å²) in [7, 11) is 0. The predicted molar refractivity (Wildman–Crippen MR) is 239 cm³/mol. The Morgan fingerprint density at radius 1 is 0.339 bits per heavy atom. The number of furan rings is 1. The van der Waals surface area contributed by atoms with Crippen LogP contribution in [0.25, 0.3) is 64.0 Å². The fourth-order valence-electron chi connectivity index (χ4n) is 8.18. The van der Waals surface area contributed by atoms with Crippen LogP contribution >= 0.6 is 11.3 Å². The molecule has 3 nitrogen and oxygen atoms in total. The highest BCUT2D eigenvalue weighted by atomic mass is 32.1. The maximum absolute atomic E-state index is 6.60. The Balaban J connectivity index is 1.10. The van der Waals surface area contributed by atoms with Crippen LogP contribution in [0.2, 0.25) is 0 Å². The van der Waals surface area contributed by atoms with Crippen molar-refractivity contribution in [1.29, 1.82) is 0 Å². The molecule has 0 spiro atoms. The van der Waals surface area contributed by atoms with Crippen molar-refractivity contribution in [2.45, 2.75) is 0 Å². The van der Waals surface area contributed by atoms with Gasteiger partial charge >= 0.3 is 0 Å². The summed E-state index contributed by atoms with van der Waals surface area (Å²) in [5, 5.41) is 7.20.